The molecule has 0 amide bonds. The van der Waals surface area contributed by atoms with E-state index in [1.807, 2.05) is 29.3 Å². The first kappa shape index (κ1) is 17.0. The molecule has 0 aliphatic rings. The summed E-state index contributed by atoms with van der Waals surface area (Å²) < 4.78 is 0.315. The van der Waals surface area contributed by atoms with Gasteiger partial charge in [-0.3, -0.25) is 0 Å². The number of thiophene rings is 1. The minimum Gasteiger partial charge on any atom is -0.388 e. The van der Waals surface area contributed by atoms with Gasteiger partial charge in [0.1, 0.15) is 0 Å². The topological polar surface area (TPSA) is 32.3 Å². The molecule has 0 fully saturated rings. The molecule has 2 nitrogen and oxygen atoms in total. The average molecular weight is 302 g/mol. The summed E-state index contributed by atoms with van der Waals surface area (Å²) >= 11 is 3.60. The van der Waals surface area contributed by atoms with Crippen molar-refractivity contribution < 1.29 is 5.11 Å². The van der Waals surface area contributed by atoms with E-state index in [1.165, 1.54) is 0 Å². The Kier molecular flexibility index (Phi) is 6.87. The predicted octanol–water partition coefficient (Wildman–Crippen LogP) is 4.07. The minimum atomic E-state index is -0.343. The quantitative estimate of drug-likeness (QED) is 0.796. The molecule has 0 aromatic carbocycles. The molecule has 0 radical (unpaired) electrons. The van der Waals surface area contributed by atoms with Crippen LogP contribution in [0.25, 0.3) is 0 Å². The first-order chi connectivity index (χ1) is 8.78. The Morgan fingerprint density at radius 2 is 2.00 bits per heavy atom. The maximum absolute atomic E-state index is 10.1. The molecular weight excluding hydrogens is 274 g/mol. The zero-order valence-electron chi connectivity index (χ0n) is 12.6. The van der Waals surface area contributed by atoms with Gasteiger partial charge in [0.25, 0.3) is 0 Å². The van der Waals surface area contributed by atoms with Crippen molar-refractivity contribution >= 4 is 23.1 Å². The van der Waals surface area contributed by atoms with Crippen molar-refractivity contribution in [3.05, 3.63) is 22.4 Å². The summed E-state index contributed by atoms with van der Waals surface area (Å²) in [6.07, 6.45) is 0.426. The third-order valence-electron chi connectivity index (χ3n) is 2.78. The number of hydrogen-bond donors (Lipinski definition) is 2. The number of aliphatic hydroxyl groups is 1. The van der Waals surface area contributed by atoms with Crippen LogP contribution in [0.5, 0.6) is 0 Å². The van der Waals surface area contributed by atoms with Gasteiger partial charge in [-0.15, -0.1) is 11.3 Å². The van der Waals surface area contributed by atoms with E-state index in [1.54, 1.807) is 11.3 Å². The molecule has 0 spiro atoms. The van der Waals surface area contributed by atoms with E-state index in [2.05, 4.69) is 39.9 Å². The van der Waals surface area contributed by atoms with Crippen LogP contribution in [0.4, 0.5) is 0 Å². The van der Waals surface area contributed by atoms with Crippen molar-refractivity contribution in [2.24, 2.45) is 0 Å². The van der Waals surface area contributed by atoms with Crippen molar-refractivity contribution in [2.45, 2.75) is 64.0 Å². The van der Waals surface area contributed by atoms with Crippen molar-refractivity contribution in [1.82, 2.24) is 5.32 Å². The Morgan fingerprint density at radius 3 is 2.53 bits per heavy atom. The van der Waals surface area contributed by atoms with E-state index in [0.29, 0.717) is 16.8 Å². The Bertz CT molecular complexity index is 346. The monoisotopic (exact) mass is 301 g/mol. The normalized spacial score (nSPS) is 17.2. The molecule has 4 heteroatoms. The Hall–Kier alpha value is -0.0300. The van der Waals surface area contributed by atoms with Gasteiger partial charge in [0, 0.05) is 27.5 Å². The molecule has 1 heterocycles. The van der Waals surface area contributed by atoms with E-state index in [-0.39, 0.29) is 6.10 Å². The molecule has 1 rings (SSSR count). The van der Waals surface area contributed by atoms with Gasteiger partial charge in [0.2, 0.25) is 0 Å². The van der Waals surface area contributed by atoms with E-state index in [0.717, 1.165) is 17.1 Å². The van der Waals surface area contributed by atoms with Crippen LogP contribution in [0.3, 0.4) is 0 Å². The average Bonchev–Trinajstić information content (AvgIpc) is 2.78. The fourth-order valence-corrected chi connectivity index (χ4v) is 3.48. The van der Waals surface area contributed by atoms with Crippen LogP contribution in [0, 0.1) is 0 Å². The zero-order valence-corrected chi connectivity index (χ0v) is 14.3. The fraction of sp³-hybridized carbons (Fsp3) is 0.733. The third kappa shape index (κ3) is 7.35. The van der Waals surface area contributed by atoms with Crippen LogP contribution < -0.4 is 5.32 Å². The molecule has 3 atom stereocenters. The molecule has 0 aliphatic heterocycles. The molecule has 19 heavy (non-hydrogen) atoms. The summed E-state index contributed by atoms with van der Waals surface area (Å²) in [6.45, 7) is 11.1. The van der Waals surface area contributed by atoms with Crippen molar-refractivity contribution in [3.8, 4) is 0 Å². The summed E-state index contributed by atoms with van der Waals surface area (Å²) in [5, 5.41) is 15.7. The lowest BCUT2D eigenvalue weighted by atomic mass is 10.1. The lowest BCUT2D eigenvalue weighted by Crippen LogP contribution is -2.37. The highest BCUT2D eigenvalue weighted by molar-refractivity contribution is 8.00. The highest BCUT2D eigenvalue weighted by atomic mass is 32.2. The lowest BCUT2D eigenvalue weighted by molar-refractivity contribution is 0.156. The fourth-order valence-electron chi connectivity index (χ4n) is 1.91. The first-order valence-corrected chi connectivity index (χ1v) is 8.76. The van der Waals surface area contributed by atoms with Gasteiger partial charge in [-0.2, -0.15) is 11.8 Å². The summed E-state index contributed by atoms with van der Waals surface area (Å²) in [7, 11) is 0. The second-order valence-corrected chi connectivity index (χ2v) is 8.99. The standard InChI is InChI=1S/C15H27NOS2/c1-11(9-13(17)14-7-6-8-18-14)16-12(2)10-19-15(3,4)5/h6-8,11-13,16-17H,9-10H2,1-5H3. The van der Waals surface area contributed by atoms with Gasteiger partial charge in [0.15, 0.2) is 0 Å². The van der Waals surface area contributed by atoms with Crippen LogP contribution in [0.2, 0.25) is 0 Å². The number of nitrogens with one attached hydrogen (secondary N) is 1. The van der Waals surface area contributed by atoms with E-state index in [4.69, 9.17) is 0 Å². The van der Waals surface area contributed by atoms with Crippen LogP contribution >= 0.6 is 23.1 Å². The van der Waals surface area contributed by atoms with Crippen LogP contribution in [0.1, 0.15) is 52.0 Å². The Labute approximate surface area is 126 Å². The number of aliphatic hydroxyl groups excluding tert-OH is 1. The van der Waals surface area contributed by atoms with Gasteiger partial charge in [-0.05, 0) is 31.7 Å². The molecule has 1 aromatic rings. The largest absolute Gasteiger partial charge is 0.388 e. The van der Waals surface area contributed by atoms with Gasteiger partial charge in [0.05, 0.1) is 6.10 Å². The molecule has 0 bridgehead atoms. The number of hydrogen-bond acceptors (Lipinski definition) is 4. The second kappa shape index (κ2) is 7.67. The summed E-state index contributed by atoms with van der Waals surface area (Å²) in [6, 6.07) is 4.78. The van der Waals surface area contributed by atoms with Gasteiger partial charge < -0.3 is 10.4 Å². The van der Waals surface area contributed by atoms with Crippen molar-refractivity contribution in [3.63, 3.8) is 0 Å². The second-order valence-electron chi connectivity index (χ2n) is 6.16. The molecule has 1 aromatic heterocycles. The molecular formula is C15H27NOS2. The highest BCUT2D eigenvalue weighted by Crippen LogP contribution is 2.25. The molecule has 2 N–H and O–H groups in total. The summed E-state index contributed by atoms with van der Waals surface area (Å²) in [5.74, 6) is 1.10. The Morgan fingerprint density at radius 1 is 1.32 bits per heavy atom. The lowest BCUT2D eigenvalue weighted by Gasteiger charge is -2.25. The number of rotatable bonds is 7. The highest BCUT2D eigenvalue weighted by Gasteiger charge is 2.17. The van der Waals surface area contributed by atoms with Crippen molar-refractivity contribution in [2.75, 3.05) is 5.75 Å². The van der Waals surface area contributed by atoms with Crippen LogP contribution in [-0.2, 0) is 0 Å². The third-order valence-corrected chi connectivity index (χ3v) is 5.29. The minimum absolute atomic E-state index is 0.315. The van der Waals surface area contributed by atoms with Crippen LogP contribution in [0.15, 0.2) is 17.5 Å². The zero-order chi connectivity index (χ0) is 14.5. The Balaban J connectivity index is 2.28. The SMILES string of the molecule is CC(CSC(C)(C)C)NC(C)CC(O)c1cccs1. The van der Waals surface area contributed by atoms with E-state index in [9.17, 15) is 5.11 Å². The molecule has 110 valence electrons. The molecule has 0 saturated carbocycles. The molecule has 0 saturated heterocycles. The van der Waals surface area contributed by atoms with Gasteiger partial charge in [-0.25, -0.2) is 0 Å². The van der Waals surface area contributed by atoms with Crippen LogP contribution in [-0.4, -0.2) is 27.7 Å². The van der Waals surface area contributed by atoms with Gasteiger partial charge in [-0.1, -0.05) is 26.8 Å². The van der Waals surface area contributed by atoms with E-state index >= 15 is 0 Å². The predicted molar refractivity (Wildman–Crippen MR) is 88.2 cm³/mol. The van der Waals surface area contributed by atoms with Gasteiger partial charge >= 0.3 is 0 Å². The number of thioether (sulfide) groups is 1. The van der Waals surface area contributed by atoms with E-state index < -0.39 is 0 Å². The maximum atomic E-state index is 10.1. The molecule has 0 aliphatic carbocycles. The maximum Gasteiger partial charge on any atom is 0.0896 e. The summed E-state index contributed by atoms with van der Waals surface area (Å²) in [4.78, 5) is 1.06. The van der Waals surface area contributed by atoms with Crippen molar-refractivity contribution in [1.29, 1.82) is 0 Å². The smallest absolute Gasteiger partial charge is 0.0896 e. The first-order valence-electron chi connectivity index (χ1n) is 6.89. The molecule has 3 unspecified atom stereocenters. The summed E-state index contributed by atoms with van der Waals surface area (Å²) in [5.41, 5.74) is 0.